The van der Waals surface area contributed by atoms with Crippen molar-refractivity contribution < 1.29 is 13.2 Å². The van der Waals surface area contributed by atoms with Crippen LogP contribution in [0.4, 0.5) is 5.13 Å². The molecule has 3 aromatic rings. The molecule has 0 spiro atoms. The first kappa shape index (κ1) is 23.0. The fourth-order valence-electron chi connectivity index (χ4n) is 2.71. The quantitative estimate of drug-likeness (QED) is 0.450. The third kappa shape index (κ3) is 5.73. The number of amides is 1. The zero-order valence-corrected chi connectivity index (χ0v) is 20.0. The Morgan fingerprint density at radius 1 is 1.13 bits per heavy atom. The minimum absolute atomic E-state index is 0.0863. The predicted molar refractivity (Wildman–Crippen MR) is 126 cm³/mol. The number of rotatable bonds is 8. The van der Waals surface area contributed by atoms with E-state index in [9.17, 15) is 13.2 Å². The Morgan fingerprint density at radius 2 is 1.83 bits per heavy atom. The Kier molecular flexibility index (Phi) is 7.41. The van der Waals surface area contributed by atoms with Gasteiger partial charge in [0, 0.05) is 29.3 Å². The van der Waals surface area contributed by atoms with E-state index >= 15 is 0 Å². The second-order valence-electron chi connectivity index (χ2n) is 6.96. The molecule has 30 heavy (non-hydrogen) atoms. The summed E-state index contributed by atoms with van der Waals surface area (Å²) >= 11 is 8.67. The number of carbonyl (C=O) groups excluding carboxylic acids is 1. The molecule has 1 heterocycles. The number of fused-ring (bicyclic) bond motifs is 1. The number of carbonyl (C=O) groups is 1. The molecule has 2 aromatic carbocycles. The monoisotopic (exact) mass is 483 g/mol. The van der Waals surface area contributed by atoms with Crippen LogP contribution < -0.4 is 4.90 Å². The van der Waals surface area contributed by atoms with Crippen LogP contribution in [0.5, 0.6) is 0 Å². The maximum absolute atomic E-state index is 13.1. The van der Waals surface area contributed by atoms with Crippen LogP contribution in [-0.2, 0) is 14.6 Å². The molecule has 0 N–H and O–H groups in total. The van der Waals surface area contributed by atoms with Crippen LogP contribution in [0.25, 0.3) is 10.2 Å². The molecule has 3 rings (SSSR count). The van der Waals surface area contributed by atoms with Gasteiger partial charge in [-0.05, 0) is 50.5 Å². The first-order valence-electron chi connectivity index (χ1n) is 9.08. The third-order valence-electron chi connectivity index (χ3n) is 4.25. The summed E-state index contributed by atoms with van der Waals surface area (Å²) in [4.78, 5) is 22.4. The van der Waals surface area contributed by atoms with Gasteiger partial charge < -0.3 is 4.90 Å². The number of nitrogens with zero attached hydrogens (tertiary/aromatic N) is 3. The van der Waals surface area contributed by atoms with Gasteiger partial charge in [0.1, 0.15) is 5.52 Å². The second kappa shape index (κ2) is 9.65. The summed E-state index contributed by atoms with van der Waals surface area (Å²) in [6.45, 7) is 1.12. The molecule has 0 aliphatic carbocycles. The number of likely N-dealkylation sites (N-methyl/N-ethyl adjacent to an activating group) is 1. The maximum atomic E-state index is 13.1. The number of para-hydroxylation sites is 1. The fraction of sp³-hybridized carbons (Fsp3) is 0.300. The van der Waals surface area contributed by atoms with Crippen LogP contribution in [0.3, 0.4) is 0 Å². The second-order valence-corrected chi connectivity index (χ2v) is 11.4. The molecule has 1 aromatic heterocycles. The number of hydrogen-bond acceptors (Lipinski definition) is 7. The van der Waals surface area contributed by atoms with Crippen molar-refractivity contribution in [2.24, 2.45) is 0 Å². The van der Waals surface area contributed by atoms with Crippen LogP contribution in [0.1, 0.15) is 0 Å². The standard InChI is InChI=1S/C20H22ClN3O3S3/c1-23(2)11-12-24(18(25)13-28-15-9-7-14(21)8-10-15)20-22-19-16(29-20)5-4-6-17(19)30(3,26)27/h4-10H,11-13H2,1-3H3. The summed E-state index contributed by atoms with van der Waals surface area (Å²) in [5.74, 6) is 0.154. The lowest BCUT2D eigenvalue weighted by atomic mass is 10.3. The normalized spacial score (nSPS) is 11.9. The molecular formula is C20H22ClN3O3S3. The van der Waals surface area contributed by atoms with Crippen LogP contribution >= 0.6 is 34.7 Å². The zero-order chi connectivity index (χ0) is 21.9. The van der Waals surface area contributed by atoms with Gasteiger partial charge in [-0.2, -0.15) is 0 Å². The molecule has 160 valence electrons. The number of halogens is 1. The minimum atomic E-state index is -3.42. The van der Waals surface area contributed by atoms with Gasteiger partial charge in [-0.1, -0.05) is 29.0 Å². The van der Waals surface area contributed by atoms with Crippen molar-refractivity contribution in [2.75, 3.05) is 44.1 Å². The van der Waals surface area contributed by atoms with E-state index in [0.29, 0.717) is 28.8 Å². The van der Waals surface area contributed by atoms with Gasteiger partial charge >= 0.3 is 0 Å². The molecule has 0 aliphatic rings. The summed E-state index contributed by atoms with van der Waals surface area (Å²) in [6, 6.07) is 12.4. The number of benzene rings is 2. The first-order chi connectivity index (χ1) is 14.1. The van der Waals surface area contributed by atoms with E-state index in [1.807, 2.05) is 37.2 Å². The van der Waals surface area contributed by atoms with Gasteiger partial charge in [0.15, 0.2) is 15.0 Å². The summed E-state index contributed by atoms with van der Waals surface area (Å²) in [5.41, 5.74) is 0.410. The molecule has 0 saturated carbocycles. The number of thioether (sulfide) groups is 1. The Balaban J connectivity index is 1.89. The highest BCUT2D eigenvalue weighted by molar-refractivity contribution is 8.00. The van der Waals surface area contributed by atoms with E-state index in [1.54, 1.807) is 29.2 Å². The predicted octanol–water partition coefficient (Wildman–Crippen LogP) is 4.04. The van der Waals surface area contributed by atoms with Crippen molar-refractivity contribution in [1.82, 2.24) is 9.88 Å². The fourth-order valence-corrected chi connectivity index (χ4v) is 5.54. The Labute approximate surface area is 189 Å². The molecule has 6 nitrogen and oxygen atoms in total. The average Bonchev–Trinajstić information content (AvgIpc) is 3.10. The van der Waals surface area contributed by atoms with Gasteiger partial charge in [0.25, 0.3) is 0 Å². The van der Waals surface area contributed by atoms with E-state index in [0.717, 1.165) is 9.60 Å². The first-order valence-corrected chi connectivity index (χ1v) is 13.2. The molecule has 10 heteroatoms. The minimum Gasteiger partial charge on any atom is -0.308 e. The van der Waals surface area contributed by atoms with Crippen molar-refractivity contribution in [2.45, 2.75) is 9.79 Å². The topological polar surface area (TPSA) is 70.6 Å². The van der Waals surface area contributed by atoms with Gasteiger partial charge in [0.2, 0.25) is 5.91 Å². The van der Waals surface area contributed by atoms with E-state index in [1.165, 1.54) is 29.4 Å². The van der Waals surface area contributed by atoms with Crippen LogP contribution in [0.15, 0.2) is 52.3 Å². The Hall–Kier alpha value is -1.65. The highest BCUT2D eigenvalue weighted by Gasteiger charge is 2.22. The number of sulfone groups is 1. The average molecular weight is 484 g/mol. The molecule has 0 radical (unpaired) electrons. The van der Waals surface area contributed by atoms with Gasteiger partial charge in [0.05, 0.1) is 15.3 Å². The number of hydrogen-bond donors (Lipinski definition) is 0. The SMILES string of the molecule is CN(C)CCN(C(=O)CSc1ccc(Cl)cc1)c1nc2c(S(C)(=O)=O)cccc2s1. The van der Waals surface area contributed by atoms with Crippen molar-refractivity contribution in [3.63, 3.8) is 0 Å². The zero-order valence-electron chi connectivity index (χ0n) is 16.8. The van der Waals surface area contributed by atoms with E-state index in [2.05, 4.69) is 4.98 Å². The highest BCUT2D eigenvalue weighted by Crippen LogP contribution is 2.33. The summed E-state index contributed by atoms with van der Waals surface area (Å²) in [6.07, 6.45) is 1.17. The van der Waals surface area contributed by atoms with Gasteiger partial charge in [-0.3, -0.25) is 9.69 Å². The summed E-state index contributed by atoms with van der Waals surface area (Å²) < 4.78 is 25.0. The third-order valence-corrected chi connectivity index (χ3v) is 7.67. The number of anilines is 1. The molecule has 0 aliphatic heterocycles. The smallest absolute Gasteiger partial charge is 0.239 e. The van der Waals surface area contributed by atoms with Crippen molar-refractivity contribution in [3.8, 4) is 0 Å². The van der Waals surface area contributed by atoms with Crippen molar-refractivity contribution in [1.29, 1.82) is 0 Å². The van der Waals surface area contributed by atoms with Crippen molar-refractivity contribution in [3.05, 3.63) is 47.5 Å². The van der Waals surface area contributed by atoms with Crippen LogP contribution in [0, 0.1) is 0 Å². The van der Waals surface area contributed by atoms with Crippen molar-refractivity contribution >= 4 is 65.8 Å². The maximum Gasteiger partial charge on any atom is 0.239 e. The molecule has 0 fully saturated rings. The lowest BCUT2D eigenvalue weighted by Crippen LogP contribution is -2.37. The molecule has 0 atom stereocenters. The molecule has 0 unspecified atom stereocenters. The lowest BCUT2D eigenvalue weighted by molar-refractivity contribution is -0.116. The van der Waals surface area contributed by atoms with Gasteiger partial charge in [-0.25, -0.2) is 13.4 Å². The Bertz CT molecular complexity index is 1150. The number of thiazole rings is 1. The van der Waals surface area contributed by atoms with Crippen LogP contribution in [-0.4, -0.2) is 63.4 Å². The number of aromatic nitrogens is 1. The van der Waals surface area contributed by atoms with E-state index < -0.39 is 9.84 Å². The highest BCUT2D eigenvalue weighted by atomic mass is 35.5. The van der Waals surface area contributed by atoms with E-state index in [4.69, 9.17) is 11.6 Å². The molecule has 0 saturated heterocycles. The molecule has 1 amide bonds. The molecular weight excluding hydrogens is 462 g/mol. The van der Waals surface area contributed by atoms with Gasteiger partial charge in [-0.15, -0.1) is 11.8 Å². The molecule has 0 bridgehead atoms. The van der Waals surface area contributed by atoms with E-state index in [-0.39, 0.29) is 16.6 Å². The summed E-state index contributed by atoms with van der Waals surface area (Å²) in [5, 5.41) is 1.15. The Morgan fingerprint density at radius 3 is 2.47 bits per heavy atom. The summed E-state index contributed by atoms with van der Waals surface area (Å²) in [7, 11) is 0.452. The largest absolute Gasteiger partial charge is 0.308 e. The lowest BCUT2D eigenvalue weighted by Gasteiger charge is -2.21. The van der Waals surface area contributed by atoms with Crippen LogP contribution in [0.2, 0.25) is 5.02 Å².